The van der Waals surface area contributed by atoms with Crippen molar-refractivity contribution in [2.24, 2.45) is 5.92 Å². The number of hydrogen-bond acceptors (Lipinski definition) is 5. The minimum Gasteiger partial charge on any atom is -0.481 e. The van der Waals surface area contributed by atoms with Gasteiger partial charge in [0.05, 0.1) is 18.5 Å². The first-order chi connectivity index (χ1) is 17.4. The first-order valence-electron chi connectivity index (χ1n) is 12.8. The maximum Gasteiger partial charge on any atom is 0.309 e. The van der Waals surface area contributed by atoms with Crippen molar-refractivity contribution in [3.63, 3.8) is 0 Å². The number of rotatable bonds is 11. The number of amides is 1. The SMILES string of the molecule is CCCCN(CCCC)C(=O)CN1C[C@H](c2ccc3c(c2)OCO3)[C@H](C(=O)O)[C@H]1c1ccccc1F. The van der Waals surface area contributed by atoms with E-state index in [0.717, 1.165) is 31.2 Å². The molecule has 2 heterocycles. The summed E-state index contributed by atoms with van der Waals surface area (Å²) in [6, 6.07) is 10.9. The van der Waals surface area contributed by atoms with E-state index in [4.69, 9.17) is 9.47 Å². The van der Waals surface area contributed by atoms with E-state index in [-0.39, 0.29) is 19.2 Å². The minimum atomic E-state index is -1.02. The van der Waals surface area contributed by atoms with Gasteiger partial charge in [0.2, 0.25) is 12.7 Å². The standard InChI is InChI=1S/C28H35FN2O5/c1-3-5-13-30(14-6-4-2)25(32)17-31-16-21(19-11-12-23-24(15-19)36-18-35-23)26(28(33)34)27(31)20-9-7-8-10-22(20)29/h7-12,15,21,26-27H,3-6,13-14,16-18H2,1-2H3,(H,33,34)/t21-,26+,27-/m1/s1. The summed E-state index contributed by atoms with van der Waals surface area (Å²) < 4.78 is 26.0. The highest BCUT2D eigenvalue weighted by Crippen LogP contribution is 2.48. The molecule has 2 aliphatic rings. The van der Waals surface area contributed by atoms with Gasteiger partial charge in [0.1, 0.15) is 5.82 Å². The summed E-state index contributed by atoms with van der Waals surface area (Å²) in [5, 5.41) is 10.4. The molecule has 194 valence electrons. The van der Waals surface area contributed by atoms with Gasteiger partial charge in [0, 0.05) is 31.1 Å². The summed E-state index contributed by atoms with van der Waals surface area (Å²) in [4.78, 5) is 29.8. The van der Waals surface area contributed by atoms with Crippen LogP contribution in [0.15, 0.2) is 42.5 Å². The summed E-state index contributed by atoms with van der Waals surface area (Å²) in [7, 11) is 0. The third kappa shape index (κ3) is 5.48. The second-order valence-corrected chi connectivity index (χ2v) is 9.57. The lowest BCUT2D eigenvalue weighted by Gasteiger charge is -2.30. The molecule has 0 aromatic heterocycles. The number of halogens is 1. The fourth-order valence-electron chi connectivity index (χ4n) is 5.29. The number of hydrogen-bond donors (Lipinski definition) is 1. The molecule has 1 saturated heterocycles. The number of likely N-dealkylation sites (tertiary alicyclic amines) is 1. The molecule has 0 saturated carbocycles. The van der Waals surface area contributed by atoms with E-state index in [9.17, 15) is 14.7 Å². The Hall–Kier alpha value is -3.13. The van der Waals surface area contributed by atoms with Gasteiger partial charge in [0.25, 0.3) is 0 Å². The van der Waals surface area contributed by atoms with E-state index in [2.05, 4.69) is 13.8 Å². The van der Waals surface area contributed by atoms with Crippen LogP contribution < -0.4 is 9.47 Å². The van der Waals surface area contributed by atoms with Gasteiger partial charge in [0.15, 0.2) is 11.5 Å². The molecule has 2 aliphatic heterocycles. The van der Waals surface area contributed by atoms with E-state index in [1.54, 1.807) is 24.3 Å². The van der Waals surface area contributed by atoms with E-state index in [1.165, 1.54) is 6.07 Å². The van der Waals surface area contributed by atoms with Crippen LogP contribution in [-0.2, 0) is 9.59 Å². The molecule has 2 aromatic rings. The van der Waals surface area contributed by atoms with Crippen molar-refractivity contribution in [3.8, 4) is 11.5 Å². The molecule has 0 aliphatic carbocycles. The summed E-state index contributed by atoms with van der Waals surface area (Å²) in [5.41, 5.74) is 1.08. The lowest BCUT2D eigenvalue weighted by molar-refractivity contribution is -0.144. The fourth-order valence-corrected chi connectivity index (χ4v) is 5.29. The fraction of sp³-hybridized carbons (Fsp3) is 0.500. The van der Waals surface area contributed by atoms with Crippen LogP contribution in [-0.4, -0.2) is 59.8 Å². The smallest absolute Gasteiger partial charge is 0.309 e. The molecule has 36 heavy (non-hydrogen) atoms. The molecular formula is C28H35FN2O5. The Balaban J connectivity index is 1.68. The second-order valence-electron chi connectivity index (χ2n) is 9.57. The predicted octanol–water partition coefficient (Wildman–Crippen LogP) is 4.82. The molecule has 4 rings (SSSR count). The van der Waals surface area contributed by atoms with Crippen molar-refractivity contribution in [2.75, 3.05) is 33.0 Å². The van der Waals surface area contributed by atoms with Crippen molar-refractivity contribution in [3.05, 3.63) is 59.4 Å². The summed E-state index contributed by atoms with van der Waals surface area (Å²) in [5.74, 6) is -1.73. The summed E-state index contributed by atoms with van der Waals surface area (Å²) in [6.07, 6.45) is 3.77. The molecule has 7 nitrogen and oxygen atoms in total. The van der Waals surface area contributed by atoms with Crippen molar-refractivity contribution in [1.82, 2.24) is 9.80 Å². The summed E-state index contributed by atoms with van der Waals surface area (Å²) >= 11 is 0. The van der Waals surface area contributed by atoms with Crippen molar-refractivity contribution >= 4 is 11.9 Å². The molecule has 1 fully saturated rings. The molecule has 2 aromatic carbocycles. The molecule has 0 bridgehead atoms. The van der Waals surface area contributed by atoms with Gasteiger partial charge in [-0.3, -0.25) is 14.5 Å². The van der Waals surface area contributed by atoms with Crippen LogP contribution in [0.4, 0.5) is 4.39 Å². The van der Waals surface area contributed by atoms with Gasteiger partial charge in [-0.1, -0.05) is 51.0 Å². The van der Waals surface area contributed by atoms with E-state index >= 15 is 4.39 Å². The molecule has 1 amide bonds. The lowest BCUT2D eigenvalue weighted by atomic mass is 9.82. The number of carbonyl (C=O) groups is 2. The zero-order chi connectivity index (χ0) is 25.7. The first kappa shape index (κ1) is 25.9. The zero-order valence-corrected chi connectivity index (χ0v) is 21.0. The quantitative estimate of drug-likeness (QED) is 0.478. The number of nitrogens with zero attached hydrogens (tertiary/aromatic N) is 2. The van der Waals surface area contributed by atoms with E-state index in [0.29, 0.717) is 36.7 Å². The molecule has 0 radical (unpaired) electrons. The van der Waals surface area contributed by atoms with E-state index < -0.39 is 29.7 Å². The van der Waals surface area contributed by atoms with Gasteiger partial charge in [-0.2, -0.15) is 0 Å². The maximum atomic E-state index is 15.0. The number of ether oxygens (including phenoxy) is 2. The van der Waals surface area contributed by atoms with Gasteiger partial charge in [-0.15, -0.1) is 0 Å². The monoisotopic (exact) mass is 498 g/mol. The van der Waals surface area contributed by atoms with Crippen LogP contribution in [0.1, 0.15) is 62.6 Å². The molecule has 3 atom stereocenters. The average molecular weight is 499 g/mol. The van der Waals surface area contributed by atoms with Crippen LogP contribution in [0.5, 0.6) is 11.5 Å². The third-order valence-electron chi connectivity index (χ3n) is 7.19. The van der Waals surface area contributed by atoms with Gasteiger partial charge < -0.3 is 19.5 Å². The number of unbranched alkanes of at least 4 members (excludes halogenated alkanes) is 2. The largest absolute Gasteiger partial charge is 0.481 e. The Morgan fingerprint density at radius 2 is 1.75 bits per heavy atom. The van der Waals surface area contributed by atoms with Gasteiger partial charge in [-0.25, -0.2) is 4.39 Å². The normalized spacial score (nSPS) is 21.0. The highest BCUT2D eigenvalue weighted by Gasteiger charge is 2.49. The van der Waals surface area contributed by atoms with Crippen molar-refractivity contribution in [1.29, 1.82) is 0 Å². The van der Waals surface area contributed by atoms with Gasteiger partial charge >= 0.3 is 5.97 Å². The first-order valence-corrected chi connectivity index (χ1v) is 12.8. The highest BCUT2D eigenvalue weighted by atomic mass is 19.1. The Labute approximate surface area is 211 Å². The molecule has 0 unspecified atom stereocenters. The molecule has 0 spiro atoms. The van der Waals surface area contributed by atoms with Gasteiger partial charge in [-0.05, 0) is 36.6 Å². The zero-order valence-electron chi connectivity index (χ0n) is 21.0. The number of carbonyl (C=O) groups excluding carboxylic acids is 1. The van der Waals surface area contributed by atoms with Crippen LogP contribution in [0.3, 0.4) is 0 Å². The highest BCUT2D eigenvalue weighted by molar-refractivity contribution is 5.79. The van der Waals surface area contributed by atoms with Crippen molar-refractivity contribution in [2.45, 2.75) is 51.5 Å². The number of fused-ring (bicyclic) bond motifs is 1. The molecular weight excluding hydrogens is 463 g/mol. The maximum absolute atomic E-state index is 15.0. The van der Waals surface area contributed by atoms with E-state index in [1.807, 2.05) is 21.9 Å². The number of aliphatic carboxylic acids is 1. The molecule has 1 N–H and O–H groups in total. The number of benzene rings is 2. The summed E-state index contributed by atoms with van der Waals surface area (Å²) in [6.45, 7) is 5.99. The lowest BCUT2D eigenvalue weighted by Crippen LogP contribution is -2.42. The van der Waals surface area contributed by atoms with Crippen LogP contribution >= 0.6 is 0 Å². The average Bonchev–Trinajstić information content (AvgIpc) is 3.48. The Morgan fingerprint density at radius 3 is 2.42 bits per heavy atom. The Morgan fingerprint density at radius 1 is 1.06 bits per heavy atom. The topological polar surface area (TPSA) is 79.3 Å². The predicted molar refractivity (Wildman–Crippen MR) is 134 cm³/mol. The third-order valence-corrected chi connectivity index (χ3v) is 7.19. The number of carboxylic acid groups (broad SMARTS) is 1. The second kappa shape index (κ2) is 11.7. The number of carboxylic acids is 1. The van der Waals surface area contributed by atoms with Crippen LogP contribution in [0, 0.1) is 11.7 Å². The van der Waals surface area contributed by atoms with Crippen LogP contribution in [0.2, 0.25) is 0 Å². The minimum absolute atomic E-state index is 0.0389. The van der Waals surface area contributed by atoms with Crippen molar-refractivity contribution < 1.29 is 28.6 Å². The Kier molecular flexibility index (Phi) is 8.46. The Bertz CT molecular complexity index is 1070. The van der Waals surface area contributed by atoms with Crippen LogP contribution in [0.25, 0.3) is 0 Å². The molecule has 8 heteroatoms.